The normalized spacial score (nSPS) is 21.3. The summed E-state index contributed by atoms with van der Waals surface area (Å²) in [6.07, 6.45) is -10.6. The number of cyclic esters (lactones) is 1. The summed E-state index contributed by atoms with van der Waals surface area (Å²) in [6, 6.07) is 0. The van der Waals surface area contributed by atoms with Crippen LogP contribution in [0.1, 0.15) is 25.7 Å². The molecule has 0 aliphatic carbocycles. The second kappa shape index (κ2) is 7.11. The SMILES string of the molecule is O=C1OCCCCC1CC(F)(F)C(F)(F)C(F)(F)C(F)(F)C(F)(F)C(F)(F)F. The van der Waals surface area contributed by atoms with Gasteiger partial charge in [0.05, 0.1) is 12.5 Å². The van der Waals surface area contributed by atoms with Crippen molar-refractivity contribution in [2.45, 2.75) is 61.5 Å². The molecule has 0 aromatic heterocycles. The zero-order valence-corrected chi connectivity index (χ0v) is 13.3. The number of halogens is 13. The van der Waals surface area contributed by atoms with E-state index in [1.54, 1.807) is 0 Å². The molecular weight excluding hydrogens is 435 g/mol. The Kier molecular flexibility index (Phi) is 6.25. The fourth-order valence-electron chi connectivity index (χ4n) is 2.33. The zero-order valence-electron chi connectivity index (χ0n) is 13.3. The van der Waals surface area contributed by atoms with Gasteiger partial charge in [-0.2, -0.15) is 57.1 Å². The average Bonchev–Trinajstić information content (AvgIpc) is 2.70. The molecule has 2 nitrogen and oxygen atoms in total. The van der Waals surface area contributed by atoms with Crippen LogP contribution in [0.4, 0.5) is 57.1 Å². The molecule has 0 aromatic carbocycles. The summed E-state index contributed by atoms with van der Waals surface area (Å²) in [5.41, 5.74) is 0. The highest BCUT2D eigenvalue weighted by molar-refractivity contribution is 5.72. The lowest BCUT2D eigenvalue weighted by molar-refractivity contribution is -0.440. The Morgan fingerprint density at radius 3 is 1.64 bits per heavy atom. The molecule has 166 valence electrons. The first kappa shape index (κ1) is 24.6. The van der Waals surface area contributed by atoms with Crippen molar-refractivity contribution in [2.75, 3.05) is 6.61 Å². The van der Waals surface area contributed by atoms with Crippen LogP contribution < -0.4 is 0 Å². The number of carbonyl (C=O) groups is 1. The summed E-state index contributed by atoms with van der Waals surface area (Å²) < 4.78 is 173. The van der Waals surface area contributed by atoms with Crippen LogP contribution in [0.3, 0.4) is 0 Å². The van der Waals surface area contributed by atoms with Crippen LogP contribution in [0.25, 0.3) is 0 Å². The maximum atomic E-state index is 13.7. The van der Waals surface area contributed by atoms with Crippen LogP contribution in [-0.2, 0) is 9.53 Å². The Hall–Kier alpha value is -1.44. The van der Waals surface area contributed by atoms with Crippen LogP contribution >= 0.6 is 0 Å². The monoisotopic (exact) mass is 446 g/mol. The molecule has 15 heteroatoms. The highest BCUT2D eigenvalue weighted by Crippen LogP contribution is 2.61. The van der Waals surface area contributed by atoms with E-state index in [9.17, 15) is 61.9 Å². The van der Waals surface area contributed by atoms with Crippen molar-refractivity contribution in [3.8, 4) is 0 Å². The van der Waals surface area contributed by atoms with Gasteiger partial charge in [0.25, 0.3) is 0 Å². The molecule has 1 aliphatic rings. The molecule has 1 heterocycles. The van der Waals surface area contributed by atoms with E-state index >= 15 is 0 Å². The van der Waals surface area contributed by atoms with Gasteiger partial charge in [-0.05, 0) is 19.3 Å². The first-order valence-electron chi connectivity index (χ1n) is 7.36. The van der Waals surface area contributed by atoms with E-state index < -0.39 is 60.5 Å². The van der Waals surface area contributed by atoms with Gasteiger partial charge in [0, 0.05) is 6.42 Å². The minimum Gasteiger partial charge on any atom is -0.465 e. The molecule has 0 aromatic rings. The van der Waals surface area contributed by atoms with E-state index in [-0.39, 0.29) is 19.4 Å². The highest BCUT2D eigenvalue weighted by atomic mass is 19.4. The largest absolute Gasteiger partial charge is 0.465 e. The van der Waals surface area contributed by atoms with Gasteiger partial charge in [0.2, 0.25) is 0 Å². The standard InChI is InChI=1S/C13H11F13O2/c14-8(15,5-6-3-1-2-4-28-7(6)27)9(16,17)10(18,19)11(20,21)12(22,23)13(24,25)26/h6H,1-5H2. The van der Waals surface area contributed by atoms with Gasteiger partial charge >= 0.3 is 41.8 Å². The first-order chi connectivity index (χ1) is 12.2. The quantitative estimate of drug-likeness (QED) is 0.400. The lowest BCUT2D eigenvalue weighted by atomic mass is 9.87. The molecule has 28 heavy (non-hydrogen) atoms. The predicted octanol–water partition coefficient (Wildman–Crippen LogP) is 5.46. The molecule has 1 atom stereocenters. The van der Waals surface area contributed by atoms with Gasteiger partial charge < -0.3 is 4.74 Å². The van der Waals surface area contributed by atoms with Crippen LogP contribution in [0, 0.1) is 5.92 Å². The second-order valence-electron chi connectivity index (χ2n) is 6.06. The van der Waals surface area contributed by atoms with Gasteiger partial charge in [-0.1, -0.05) is 0 Å². The van der Waals surface area contributed by atoms with Crippen molar-refractivity contribution in [1.82, 2.24) is 0 Å². The van der Waals surface area contributed by atoms with E-state index in [0.29, 0.717) is 0 Å². The second-order valence-corrected chi connectivity index (χ2v) is 6.06. The number of alkyl halides is 13. The molecule has 1 unspecified atom stereocenters. The predicted molar refractivity (Wildman–Crippen MR) is 63.7 cm³/mol. The maximum Gasteiger partial charge on any atom is 0.460 e. The van der Waals surface area contributed by atoms with Gasteiger partial charge in [-0.25, -0.2) is 0 Å². The van der Waals surface area contributed by atoms with E-state index in [2.05, 4.69) is 4.74 Å². The van der Waals surface area contributed by atoms with Crippen LogP contribution in [0.15, 0.2) is 0 Å². The van der Waals surface area contributed by atoms with Crippen molar-refractivity contribution in [2.24, 2.45) is 5.92 Å². The van der Waals surface area contributed by atoms with Gasteiger partial charge in [-0.15, -0.1) is 0 Å². The maximum absolute atomic E-state index is 13.7. The van der Waals surface area contributed by atoms with Gasteiger partial charge in [-0.3, -0.25) is 4.79 Å². The third-order valence-electron chi connectivity index (χ3n) is 4.03. The molecule has 0 radical (unpaired) electrons. The molecule has 0 spiro atoms. The minimum absolute atomic E-state index is 0.0796. The van der Waals surface area contributed by atoms with E-state index in [1.165, 1.54) is 0 Å². The van der Waals surface area contributed by atoms with Gasteiger partial charge in [0.15, 0.2) is 0 Å². The smallest absolute Gasteiger partial charge is 0.460 e. The molecule has 1 saturated heterocycles. The topological polar surface area (TPSA) is 26.3 Å². The van der Waals surface area contributed by atoms with Crippen molar-refractivity contribution < 1.29 is 66.6 Å². The Morgan fingerprint density at radius 1 is 0.714 bits per heavy atom. The Labute approximate surface area is 148 Å². The Balaban J connectivity index is 3.30. The summed E-state index contributed by atoms with van der Waals surface area (Å²) in [5, 5.41) is 0. The lowest BCUT2D eigenvalue weighted by Crippen LogP contribution is -2.70. The molecule has 0 amide bonds. The average molecular weight is 446 g/mol. The Morgan fingerprint density at radius 2 is 1.18 bits per heavy atom. The van der Waals surface area contributed by atoms with Crippen molar-refractivity contribution >= 4 is 5.97 Å². The van der Waals surface area contributed by atoms with E-state index in [0.717, 1.165) is 0 Å². The lowest BCUT2D eigenvalue weighted by Gasteiger charge is -2.40. The number of rotatable bonds is 6. The van der Waals surface area contributed by atoms with Crippen LogP contribution in [0.5, 0.6) is 0 Å². The molecule has 1 fully saturated rings. The molecule has 0 saturated carbocycles. The number of hydrogen-bond donors (Lipinski definition) is 0. The molecular formula is C13H11F13O2. The summed E-state index contributed by atoms with van der Waals surface area (Å²) >= 11 is 0. The first-order valence-corrected chi connectivity index (χ1v) is 7.36. The summed E-state index contributed by atoms with van der Waals surface area (Å²) in [7, 11) is 0. The third kappa shape index (κ3) is 3.72. The van der Waals surface area contributed by atoms with Gasteiger partial charge in [0.1, 0.15) is 0 Å². The third-order valence-corrected chi connectivity index (χ3v) is 4.03. The van der Waals surface area contributed by atoms with Crippen LogP contribution in [0.2, 0.25) is 0 Å². The van der Waals surface area contributed by atoms with E-state index in [1.807, 2.05) is 0 Å². The number of carbonyl (C=O) groups excluding carboxylic acids is 1. The fourth-order valence-corrected chi connectivity index (χ4v) is 2.33. The zero-order chi connectivity index (χ0) is 22.4. The van der Waals surface area contributed by atoms with E-state index in [4.69, 9.17) is 0 Å². The number of esters is 1. The number of hydrogen-bond acceptors (Lipinski definition) is 2. The fraction of sp³-hybridized carbons (Fsp3) is 0.923. The van der Waals surface area contributed by atoms with Crippen molar-refractivity contribution in [1.29, 1.82) is 0 Å². The van der Waals surface area contributed by atoms with Crippen LogP contribution in [-0.4, -0.2) is 48.4 Å². The molecule has 1 rings (SSSR count). The summed E-state index contributed by atoms with van der Waals surface area (Å²) in [4.78, 5) is 11.4. The number of ether oxygens (including phenoxy) is 1. The Bertz CT molecular complexity index is 581. The van der Waals surface area contributed by atoms with Crippen molar-refractivity contribution in [3.63, 3.8) is 0 Å². The molecule has 1 aliphatic heterocycles. The summed E-state index contributed by atoms with van der Waals surface area (Å²) in [6.45, 7) is -0.330. The minimum atomic E-state index is -7.94. The highest BCUT2D eigenvalue weighted by Gasteiger charge is 2.90. The van der Waals surface area contributed by atoms with Crippen molar-refractivity contribution in [3.05, 3.63) is 0 Å². The molecule has 0 N–H and O–H groups in total. The molecule has 0 bridgehead atoms. The summed E-state index contributed by atoms with van der Waals surface area (Å²) in [5.74, 6) is -40.9.